The average molecular weight is 521 g/mol. The molecule has 0 fully saturated rings. The van der Waals surface area contributed by atoms with Gasteiger partial charge in [-0.2, -0.15) is 0 Å². The highest BCUT2D eigenvalue weighted by Crippen LogP contribution is 2.30. The number of aliphatic imine (C=N–C) groups is 1. The van der Waals surface area contributed by atoms with Gasteiger partial charge in [-0.1, -0.05) is 60.1 Å². The molecule has 0 aliphatic heterocycles. The molecule has 0 radical (unpaired) electrons. The normalized spacial score (nSPS) is 11.5. The van der Waals surface area contributed by atoms with Crippen molar-refractivity contribution in [3.63, 3.8) is 0 Å². The summed E-state index contributed by atoms with van der Waals surface area (Å²) in [7, 11) is 2.65. The van der Waals surface area contributed by atoms with Crippen LogP contribution in [-0.4, -0.2) is 30.9 Å². The van der Waals surface area contributed by atoms with Crippen LogP contribution >= 0.6 is 35.0 Å². The maximum atomic E-state index is 12.9. The summed E-state index contributed by atoms with van der Waals surface area (Å²) in [6.45, 7) is 2.02. The first-order valence-electron chi connectivity index (χ1n) is 10.2. The van der Waals surface area contributed by atoms with Crippen molar-refractivity contribution in [3.8, 4) is 5.88 Å². The van der Waals surface area contributed by atoms with Crippen LogP contribution in [0.15, 0.2) is 57.0 Å². The number of halogens is 2. The Hall–Kier alpha value is -3.01. The zero-order valence-electron chi connectivity index (χ0n) is 18.6. The molecule has 178 valence electrons. The number of carbonyl (C=O) groups excluding carboxylic acids is 1. The average Bonchev–Trinajstić information content (AvgIpc) is 2.83. The van der Waals surface area contributed by atoms with Crippen molar-refractivity contribution >= 4 is 57.3 Å². The van der Waals surface area contributed by atoms with Gasteiger partial charge in [0.05, 0.1) is 27.2 Å². The van der Waals surface area contributed by atoms with Gasteiger partial charge in [0.15, 0.2) is 0 Å². The van der Waals surface area contributed by atoms with Gasteiger partial charge in [0, 0.05) is 14.1 Å². The largest absolute Gasteiger partial charge is 0.494 e. The van der Waals surface area contributed by atoms with Crippen LogP contribution in [0.2, 0.25) is 10.0 Å². The maximum absolute atomic E-state index is 12.9. The van der Waals surface area contributed by atoms with E-state index in [4.69, 9.17) is 23.2 Å². The van der Waals surface area contributed by atoms with Crippen LogP contribution in [0.25, 0.3) is 0 Å². The van der Waals surface area contributed by atoms with Gasteiger partial charge in [-0.15, -0.1) is 0 Å². The highest BCUT2D eigenvalue weighted by molar-refractivity contribution is 8.15. The molecule has 34 heavy (non-hydrogen) atoms. The van der Waals surface area contributed by atoms with E-state index in [2.05, 4.69) is 10.3 Å². The summed E-state index contributed by atoms with van der Waals surface area (Å²) >= 11 is 13.1. The molecule has 1 heterocycles. The second-order valence-electron chi connectivity index (χ2n) is 7.28. The smallest absolute Gasteiger partial charge is 0.333 e. The summed E-state index contributed by atoms with van der Waals surface area (Å²) in [5.74, 6) is -1.12. The van der Waals surface area contributed by atoms with Crippen molar-refractivity contribution in [1.29, 1.82) is 0 Å². The number of aryl methyl sites for hydroxylation is 1. The van der Waals surface area contributed by atoms with E-state index >= 15 is 0 Å². The van der Waals surface area contributed by atoms with Gasteiger partial charge >= 0.3 is 5.69 Å². The molecule has 1 aromatic heterocycles. The van der Waals surface area contributed by atoms with Crippen molar-refractivity contribution in [1.82, 2.24) is 9.13 Å². The Labute approximate surface area is 209 Å². The number of hydrogen-bond acceptors (Lipinski definition) is 6. The third-order valence-corrected chi connectivity index (χ3v) is 6.78. The minimum Gasteiger partial charge on any atom is -0.494 e. The Kier molecular flexibility index (Phi) is 8.24. The molecule has 3 aromatic rings. The van der Waals surface area contributed by atoms with Crippen LogP contribution in [0.3, 0.4) is 0 Å². The van der Waals surface area contributed by atoms with Gasteiger partial charge < -0.3 is 10.4 Å². The quantitative estimate of drug-likeness (QED) is 0.375. The molecule has 8 nitrogen and oxygen atoms in total. The number of nitrogens with zero attached hydrogens (tertiary/aromatic N) is 3. The Balaban J connectivity index is 1.99. The lowest BCUT2D eigenvalue weighted by Gasteiger charge is -2.13. The van der Waals surface area contributed by atoms with E-state index in [9.17, 15) is 19.5 Å². The molecule has 3 rings (SSSR count). The monoisotopic (exact) mass is 520 g/mol. The molecule has 1 amide bonds. The molecule has 0 spiro atoms. The lowest BCUT2D eigenvalue weighted by Crippen LogP contribution is -2.39. The molecule has 0 unspecified atom stereocenters. The first kappa shape index (κ1) is 25.6. The van der Waals surface area contributed by atoms with Crippen molar-refractivity contribution < 1.29 is 9.90 Å². The summed E-state index contributed by atoms with van der Waals surface area (Å²) in [6.07, 6.45) is 0.847. The standard InChI is InChI=1S/C23H22Cl2N4O4S/c1-4-13-8-10-14(11-9-13)26-20(18-21(31)28(2)23(33)29(3)22(18)32)34-12-17(30)27-16-7-5-6-15(24)19(16)25/h5-11,31H,4,12H2,1-3H3,(H,27,30). The van der Waals surface area contributed by atoms with E-state index in [-0.39, 0.29) is 21.4 Å². The van der Waals surface area contributed by atoms with Gasteiger partial charge in [-0.05, 0) is 36.2 Å². The molecule has 11 heteroatoms. The van der Waals surface area contributed by atoms with Crippen LogP contribution in [0.1, 0.15) is 18.1 Å². The molecule has 0 aliphatic rings. The number of hydrogen-bond donors (Lipinski definition) is 2. The SMILES string of the molecule is CCc1ccc(N=C(SCC(=O)Nc2cccc(Cl)c2Cl)c2c(O)n(C)c(=O)n(C)c2=O)cc1. The van der Waals surface area contributed by atoms with E-state index < -0.39 is 23.0 Å². The fourth-order valence-corrected chi connectivity index (χ4v) is 4.21. The Morgan fingerprint density at radius 2 is 1.76 bits per heavy atom. The zero-order chi connectivity index (χ0) is 25.0. The molecule has 0 aliphatic carbocycles. The Morgan fingerprint density at radius 1 is 1.09 bits per heavy atom. The van der Waals surface area contributed by atoms with Crippen LogP contribution in [0.5, 0.6) is 5.88 Å². The zero-order valence-corrected chi connectivity index (χ0v) is 21.0. The van der Waals surface area contributed by atoms with Crippen molar-refractivity contribution in [2.75, 3.05) is 11.1 Å². The second-order valence-corrected chi connectivity index (χ2v) is 9.03. The molecule has 0 saturated heterocycles. The number of rotatable bonds is 6. The topological polar surface area (TPSA) is 106 Å². The van der Waals surface area contributed by atoms with Gasteiger partial charge in [0.25, 0.3) is 5.56 Å². The van der Waals surface area contributed by atoms with Gasteiger partial charge in [0.1, 0.15) is 10.6 Å². The van der Waals surface area contributed by atoms with Gasteiger partial charge in [-0.3, -0.25) is 18.7 Å². The predicted molar refractivity (Wildman–Crippen MR) is 138 cm³/mol. The van der Waals surface area contributed by atoms with Crippen LogP contribution < -0.4 is 16.6 Å². The lowest BCUT2D eigenvalue weighted by atomic mass is 10.1. The molecular weight excluding hydrogens is 499 g/mol. The summed E-state index contributed by atoms with van der Waals surface area (Å²) in [5, 5.41) is 13.9. The molecule has 0 atom stereocenters. The highest BCUT2D eigenvalue weighted by Gasteiger charge is 2.22. The first-order chi connectivity index (χ1) is 16.1. The van der Waals surface area contributed by atoms with E-state index in [1.165, 1.54) is 14.1 Å². The first-order valence-corrected chi connectivity index (χ1v) is 11.9. The molecule has 0 saturated carbocycles. The molecule has 2 N–H and O–H groups in total. The fourth-order valence-electron chi connectivity index (χ4n) is 3.02. The number of anilines is 1. The Bertz CT molecular complexity index is 1380. The fraction of sp³-hybridized carbons (Fsp3) is 0.217. The number of benzene rings is 2. The van der Waals surface area contributed by atoms with E-state index in [0.717, 1.165) is 32.9 Å². The van der Waals surface area contributed by atoms with Crippen LogP contribution in [-0.2, 0) is 25.3 Å². The molecular formula is C23H22Cl2N4O4S. The van der Waals surface area contributed by atoms with Crippen molar-refractivity contribution in [2.45, 2.75) is 13.3 Å². The summed E-state index contributed by atoms with van der Waals surface area (Å²) in [6, 6.07) is 12.2. The number of nitrogens with one attached hydrogen (secondary N) is 1. The maximum Gasteiger partial charge on any atom is 0.333 e. The number of aromatic nitrogens is 2. The van der Waals surface area contributed by atoms with E-state index in [1.54, 1.807) is 30.3 Å². The number of aromatic hydroxyl groups is 1. The van der Waals surface area contributed by atoms with E-state index in [0.29, 0.717) is 16.4 Å². The molecule has 0 bridgehead atoms. The number of thioether (sulfide) groups is 1. The summed E-state index contributed by atoms with van der Waals surface area (Å²) < 4.78 is 1.82. The third-order valence-electron chi connectivity index (χ3n) is 4.99. The number of carbonyl (C=O) groups is 1. The predicted octanol–water partition coefficient (Wildman–Crippen LogP) is 4.11. The van der Waals surface area contributed by atoms with Crippen molar-refractivity contribution in [2.24, 2.45) is 19.1 Å². The minimum atomic E-state index is -0.727. The van der Waals surface area contributed by atoms with E-state index in [1.807, 2.05) is 19.1 Å². The Morgan fingerprint density at radius 3 is 2.41 bits per heavy atom. The number of amides is 1. The highest BCUT2D eigenvalue weighted by atomic mass is 35.5. The minimum absolute atomic E-state index is 0.0882. The summed E-state index contributed by atoms with van der Waals surface area (Å²) in [4.78, 5) is 42.2. The van der Waals surface area contributed by atoms with Gasteiger partial charge in [0.2, 0.25) is 11.8 Å². The molecule has 2 aromatic carbocycles. The van der Waals surface area contributed by atoms with Crippen LogP contribution in [0.4, 0.5) is 11.4 Å². The van der Waals surface area contributed by atoms with Gasteiger partial charge in [-0.25, -0.2) is 9.79 Å². The summed E-state index contributed by atoms with van der Waals surface area (Å²) in [5.41, 5.74) is 0.378. The van der Waals surface area contributed by atoms with Crippen LogP contribution in [0, 0.1) is 0 Å². The second kappa shape index (κ2) is 10.9. The lowest BCUT2D eigenvalue weighted by molar-refractivity contribution is -0.113. The third kappa shape index (κ3) is 5.55. The van der Waals surface area contributed by atoms with Crippen molar-refractivity contribution in [3.05, 3.63) is 84.5 Å².